The van der Waals surface area contributed by atoms with Gasteiger partial charge in [0.05, 0.1) is 12.1 Å². The SMILES string of the molecule is CC1C2CN(C(=O)Nc3cccc(F)c3)CCN2C(=N)N1c1cccc2c1CCN([SH](=O)=O)C2. The lowest BCUT2D eigenvalue weighted by atomic mass is 9.97. The molecule has 3 heterocycles. The Morgan fingerprint density at radius 3 is 2.71 bits per heavy atom. The van der Waals surface area contributed by atoms with E-state index in [-0.39, 0.29) is 18.1 Å². The fourth-order valence-electron chi connectivity index (χ4n) is 5.22. The van der Waals surface area contributed by atoms with Crippen LogP contribution < -0.4 is 10.2 Å². The highest BCUT2D eigenvalue weighted by Crippen LogP contribution is 2.36. The molecule has 180 valence electrons. The van der Waals surface area contributed by atoms with Crippen molar-refractivity contribution in [3.8, 4) is 0 Å². The van der Waals surface area contributed by atoms with Gasteiger partial charge in [-0.2, -0.15) is 4.31 Å². The van der Waals surface area contributed by atoms with Gasteiger partial charge >= 0.3 is 6.03 Å². The van der Waals surface area contributed by atoms with E-state index in [9.17, 15) is 17.6 Å². The number of benzene rings is 2. The quantitative estimate of drug-likeness (QED) is 0.577. The van der Waals surface area contributed by atoms with Crippen LogP contribution in [0.5, 0.6) is 0 Å². The minimum atomic E-state index is -2.62. The zero-order valence-electron chi connectivity index (χ0n) is 18.8. The molecule has 2 aromatic carbocycles. The highest BCUT2D eigenvalue weighted by molar-refractivity contribution is 7.69. The summed E-state index contributed by atoms with van der Waals surface area (Å²) in [6.07, 6.45) is 0.595. The molecule has 2 aromatic rings. The van der Waals surface area contributed by atoms with Crippen LogP contribution >= 0.6 is 0 Å². The van der Waals surface area contributed by atoms with E-state index < -0.39 is 16.7 Å². The van der Waals surface area contributed by atoms with Crippen molar-refractivity contribution >= 4 is 34.3 Å². The molecule has 2 fully saturated rings. The molecule has 2 saturated heterocycles. The van der Waals surface area contributed by atoms with Gasteiger partial charge in [0.1, 0.15) is 5.82 Å². The average Bonchev–Trinajstić information content (AvgIpc) is 3.07. The summed E-state index contributed by atoms with van der Waals surface area (Å²) in [5.74, 6) is -0.0130. The minimum absolute atomic E-state index is 0.0575. The number of anilines is 2. The largest absolute Gasteiger partial charge is 0.334 e. The Kier molecular flexibility index (Phi) is 5.90. The molecule has 2 atom stereocenters. The first kappa shape index (κ1) is 22.6. The van der Waals surface area contributed by atoms with Gasteiger partial charge < -0.3 is 20.0 Å². The molecule has 0 bridgehead atoms. The summed E-state index contributed by atoms with van der Waals surface area (Å²) >= 11 is 0. The fraction of sp³-hybridized carbons (Fsp3) is 0.391. The Balaban J connectivity index is 1.35. The second-order valence-electron chi connectivity index (χ2n) is 8.87. The van der Waals surface area contributed by atoms with Gasteiger partial charge in [-0.25, -0.2) is 17.6 Å². The number of rotatable bonds is 3. The summed E-state index contributed by atoms with van der Waals surface area (Å²) in [4.78, 5) is 18.6. The molecule has 0 aliphatic carbocycles. The number of nitrogens with zero attached hydrogens (tertiary/aromatic N) is 4. The fourth-order valence-corrected chi connectivity index (χ4v) is 5.75. The number of hydrogen-bond acceptors (Lipinski definition) is 4. The molecule has 0 aromatic heterocycles. The molecule has 0 saturated carbocycles. The second kappa shape index (κ2) is 8.88. The lowest BCUT2D eigenvalue weighted by Crippen LogP contribution is -2.56. The van der Waals surface area contributed by atoms with Crippen LogP contribution in [-0.4, -0.2) is 72.8 Å². The van der Waals surface area contributed by atoms with Gasteiger partial charge in [0.25, 0.3) is 0 Å². The summed E-state index contributed by atoms with van der Waals surface area (Å²) in [5.41, 5.74) is 3.38. The number of piperazine rings is 1. The van der Waals surface area contributed by atoms with Crippen molar-refractivity contribution in [2.45, 2.75) is 32.0 Å². The van der Waals surface area contributed by atoms with Crippen LogP contribution in [0.15, 0.2) is 42.5 Å². The van der Waals surface area contributed by atoms with Crippen LogP contribution in [0.25, 0.3) is 0 Å². The number of hydrogen-bond donors (Lipinski definition) is 3. The predicted molar refractivity (Wildman–Crippen MR) is 128 cm³/mol. The number of thiol groups is 1. The first-order valence-electron chi connectivity index (χ1n) is 11.3. The normalized spacial score (nSPS) is 22.7. The summed E-state index contributed by atoms with van der Waals surface area (Å²) in [7, 11) is -2.62. The van der Waals surface area contributed by atoms with E-state index in [4.69, 9.17) is 5.41 Å². The molecular formula is C23H27FN6O3S. The topological polar surface area (TPSA) is 100 Å². The van der Waals surface area contributed by atoms with Crippen LogP contribution in [0.1, 0.15) is 18.1 Å². The van der Waals surface area contributed by atoms with Crippen LogP contribution in [0.4, 0.5) is 20.6 Å². The molecule has 34 heavy (non-hydrogen) atoms. The molecule has 3 aliphatic heterocycles. The molecule has 2 amide bonds. The smallest absolute Gasteiger partial charge is 0.321 e. The molecule has 2 unspecified atom stereocenters. The van der Waals surface area contributed by atoms with Crippen molar-refractivity contribution < 1.29 is 17.6 Å². The van der Waals surface area contributed by atoms with Gasteiger partial charge in [-0.3, -0.25) is 5.41 Å². The van der Waals surface area contributed by atoms with Gasteiger partial charge in [-0.05, 0) is 48.7 Å². The maximum atomic E-state index is 13.5. The third kappa shape index (κ3) is 3.98. The molecular weight excluding hydrogens is 459 g/mol. The summed E-state index contributed by atoms with van der Waals surface area (Å²) in [6.45, 7) is 4.26. The number of amides is 2. The monoisotopic (exact) mass is 486 g/mol. The van der Waals surface area contributed by atoms with Crippen molar-refractivity contribution in [2.75, 3.05) is 36.4 Å². The van der Waals surface area contributed by atoms with Crippen LogP contribution in [-0.2, 0) is 23.9 Å². The molecule has 3 aliphatic rings. The van der Waals surface area contributed by atoms with E-state index >= 15 is 0 Å². The number of guanidine groups is 1. The average molecular weight is 487 g/mol. The zero-order valence-corrected chi connectivity index (χ0v) is 19.7. The Hall–Kier alpha value is -3.18. The first-order chi connectivity index (χ1) is 16.3. The number of fused-ring (bicyclic) bond motifs is 2. The summed E-state index contributed by atoms with van der Waals surface area (Å²) < 4.78 is 37.8. The van der Waals surface area contributed by atoms with E-state index in [0.717, 1.165) is 16.8 Å². The van der Waals surface area contributed by atoms with E-state index in [1.165, 1.54) is 16.4 Å². The molecule has 5 rings (SSSR count). The first-order valence-corrected chi connectivity index (χ1v) is 12.4. The van der Waals surface area contributed by atoms with Crippen molar-refractivity contribution in [3.63, 3.8) is 0 Å². The van der Waals surface area contributed by atoms with E-state index in [2.05, 4.69) is 12.2 Å². The van der Waals surface area contributed by atoms with Crippen LogP contribution in [0.2, 0.25) is 0 Å². The maximum absolute atomic E-state index is 13.5. The van der Waals surface area contributed by atoms with Crippen molar-refractivity contribution in [3.05, 3.63) is 59.4 Å². The van der Waals surface area contributed by atoms with Crippen molar-refractivity contribution in [1.82, 2.24) is 14.1 Å². The summed E-state index contributed by atoms with van der Waals surface area (Å²) in [5, 5.41) is 11.6. The number of nitrogens with one attached hydrogen (secondary N) is 2. The van der Waals surface area contributed by atoms with Gasteiger partial charge in [-0.15, -0.1) is 0 Å². The second-order valence-corrected chi connectivity index (χ2v) is 9.91. The number of carbonyl (C=O) groups is 1. The maximum Gasteiger partial charge on any atom is 0.321 e. The van der Waals surface area contributed by atoms with Gasteiger partial charge in [0.2, 0.25) is 10.9 Å². The number of urea groups is 1. The Labute approximate surface area is 199 Å². The highest BCUT2D eigenvalue weighted by atomic mass is 32.2. The zero-order chi connectivity index (χ0) is 24.0. The third-order valence-electron chi connectivity index (χ3n) is 6.96. The van der Waals surface area contributed by atoms with Gasteiger partial charge in [0.15, 0.2) is 5.96 Å². The lowest BCUT2D eigenvalue weighted by molar-refractivity contribution is 0.148. The van der Waals surface area contributed by atoms with E-state index in [1.54, 1.807) is 17.0 Å². The predicted octanol–water partition coefficient (Wildman–Crippen LogP) is 2.07. The molecule has 2 N–H and O–H groups in total. The Bertz CT molecular complexity index is 1210. The molecule has 9 nitrogen and oxygen atoms in total. The van der Waals surface area contributed by atoms with Crippen molar-refractivity contribution in [2.24, 2.45) is 0 Å². The Morgan fingerprint density at radius 1 is 1.15 bits per heavy atom. The van der Waals surface area contributed by atoms with E-state index in [0.29, 0.717) is 50.8 Å². The molecule has 11 heteroatoms. The third-order valence-corrected chi connectivity index (χ3v) is 7.76. The number of halogens is 1. The summed E-state index contributed by atoms with van der Waals surface area (Å²) in [6, 6.07) is 11.2. The minimum Gasteiger partial charge on any atom is -0.334 e. The lowest BCUT2D eigenvalue weighted by Gasteiger charge is -2.38. The van der Waals surface area contributed by atoms with Crippen LogP contribution in [0, 0.1) is 11.2 Å². The standard InChI is InChI=1S/C23H27FN6O3S/c1-15-21-14-27(23(31)26-18-6-3-5-17(24)12-18)10-11-29(21)22(25)30(15)20-7-2-4-16-13-28(34(32)33)9-8-19(16)20/h2-7,12,15,21,25,34H,8-11,13-14H2,1H3,(H,26,31). The van der Waals surface area contributed by atoms with E-state index in [1.807, 2.05) is 28.0 Å². The van der Waals surface area contributed by atoms with Gasteiger partial charge in [0, 0.05) is 44.1 Å². The Morgan fingerprint density at radius 2 is 1.94 bits per heavy atom. The molecule has 0 spiro atoms. The van der Waals surface area contributed by atoms with Crippen molar-refractivity contribution in [1.29, 1.82) is 5.41 Å². The van der Waals surface area contributed by atoms with Gasteiger partial charge in [-0.1, -0.05) is 18.2 Å². The molecule has 0 radical (unpaired) electrons. The number of carbonyl (C=O) groups excluding carboxylic acids is 1. The highest BCUT2D eigenvalue weighted by Gasteiger charge is 2.46. The van der Waals surface area contributed by atoms with Crippen LogP contribution in [0.3, 0.4) is 0 Å².